The van der Waals surface area contributed by atoms with Gasteiger partial charge in [-0.3, -0.25) is 9.59 Å². The van der Waals surface area contributed by atoms with Crippen LogP contribution in [0.4, 0.5) is 5.13 Å². The molecule has 6 rings (SSSR count). The second kappa shape index (κ2) is 5.79. The lowest BCUT2D eigenvalue weighted by atomic mass is 9.49. The second-order valence-corrected chi connectivity index (χ2v) is 9.58. The van der Waals surface area contributed by atoms with E-state index in [1.165, 1.54) is 30.6 Å². The summed E-state index contributed by atoms with van der Waals surface area (Å²) in [4.78, 5) is 32.3. The van der Waals surface area contributed by atoms with Gasteiger partial charge in [0.1, 0.15) is 6.04 Å². The zero-order chi connectivity index (χ0) is 17.0. The van der Waals surface area contributed by atoms with Crippen molar-refractivity contribution in [3.63, 3.8) is 0 Å². The predicted octanol–water partition coefficient (Wildman–Crippen LogP) is 3.29. The molecule has 2 heterocycles. The maximum absolute atomic E-state index is 13.5. The first-order valence-electron chi connectivity index (χ1n) is 9.64. The standard InChI is InChI=1S/C19H25N3O2S/c23-16(21-18-20-3-5-25-18)15-2-1-4-22(15)17(24)19-9-12-6-13(10-19)8-14(7-12)11-19/h3,5,12-15H,1-2,4,6-11H2,(H,20,21,23)/t12?,13?,14?,15-,19?/m0/s1. The molecule has 5 nitrogen and oxygen atoms in total. The van der Waals surface area contributed by atoms with E-state index in [2.05, 4.69) is 10.3 Å². The third-order valence-corrected chi connectivity index (χ3v) is 7.66. The summed E-state index contributed by atoms with van der Waals surface area (Å²) in [5, 5.41) is 5.37. The van der Waals surface area contributed by atoms with Crippen molar-refractivity contribution in [3.05, 3.63) is 11.6 Å². The van der Waals surface area contributed by atoms with E-state index in [0.717, 1.165) is 56.4 Å². The topological polar surface area (TPSA) is 62.3 Å². The molecule has 4 bridgehead atoms. The molecule has 5 aliphatic rings. The number of anilines is 1. The van der Waals surface area contributed by atoms with Crippen LogP contribution < -0.4 is 5.32 Å². The van der Waals surface area contributed by atoms with E-state index >= 15 is 0 Å². The van der Waals surface area contributed by atoms with Crippen molar-refractivity contribution in [1.29, 1.82) is 0 Å². The van der Waals surface area contributed by atoms with Crippen LogP contribution in [0.1, 0.15) is 51.4 Å². The molecule has 1 atom stereocenters. The molecular formula is C19H25N3O2S. The van der Waals surface area contributed by atoms with Crippen LogP contribution in [0.25, 0.3) is 0 Å². The van der Waals surface area contributed by atoms with Gasteiger partial charge in [-0.05, 0) is 69.1 Å². The molecule has 1 aromatic rings. The number of amides is 2. The average molecular weight is 359 g/mol. The Labute approximate surface area is 152 Å². The largest absolute Gasteiger partial charge is 0.330 e. The van der Waals surface area contributed by atoms with Gasteiger partial charge in [-0.2, -0.15) is 0 Å². The fourth-order valence-corrected chi connectivity index (χ4v) is 6.97. The van der Waals surface area contributed by atoms with Gasteiger partial charge in [-0.25, -0.2) is 4.98 Å². The van der Waals surface area contributed by atoms with Gasteiger partial charge >= 0.3 is 0 Å². The van der Waals surface area contributed by atoms with Crippen molar-refractivity contribution in [2.24, 2.45) is 23.2 Å². The third kappa shape index (κ3) is 2.60. The smallest absolute Gasteiger partial charge is 0.248 e. The minimum Gasteiger partial charge on any atom is -0.330 e. The first kappa shape index (κ1) is 15.8. The van der Waals surface area contributed by atoms with E-state index in [4.69, 9.17) is 0 Å². The maximum atomic E-state index is 13.5. The molecule has 0 aromatic carbocycles. The third-order valence-electron chi connectivity index (χ3n) is 6.97. The molecule has 0 unspecified atom stereocenters. The van der Waals surface area contributed by atoms with E-state index in [1.54, 1.807) is 6.20 Å². The van der Waals surface area contributed by atoms with Crippen LogP contribution in [0, 0.1) is 23.2 Å². The summed E-state index contributed by atoms with van der Waals surface area (Å²) in [5.74, 6) is 2.47. The number of hydrogen-bond acceptors (Lipinski definition) is 4. The summed E-state index contributed by atoms with van der Waals surface area (Å²) in [5.41, 5.74) is -0.154. The molecule has 1 aliphatic heterocycles. The van der Waals surface area contributed by atoms with Crippen LogP contribution >= 0.6 is 11.3 Å². The van der Waals surface area contributed by atoms with Gasteiger partial charge in [0.25, 0.3) is 0 Å². The van der Waals surface area contributed by atoms with Gasteiger partial charge in [0.15, 0.2) is 5.13 Å². The fraction of sp³-hybridized carbons (Fsp3) is 0.737. The Morgan fingerprint density at radius 1 is 1.16 bits per heavy atom. The first-order valence-corrected chi connectivity index (χ1v) is 10.5. The van der Waals surface area contributed by atoms with E-state index in [-0.39, 0.29) is 23.3 Å². The number of aromatic nitrogens is 1. The number of nitrogens with one attached hydrogen (secondary N) is 1. The van der Waals surface area contributed by atoms with Crippen molar-refractivity contribution in [1.82, 2.24) is 9.88 Å². The summed E-state index contributed by atoms with van der Waals surface area (Å²) < 4.78 is 0. The lowest BCUT2D eigenvalue weighted by Crippen LogP contribution is -2.56. The Kier molecular flexibility index (Phi) is 3.66. The fourth-order valence-electron chi connectivity index (χ4n) is 6.43. The number of carbonyl (C=O) groups excluding carboxylic acids is 2. The molecule has 5 fully saturated rings. The zero-order valence-corrected chi connectivity index (χ0v) is 15.3. The van der Waals surface area contributed by atoms with Crippen molar-refractivity contribution in [3.8, 4) is 0 Å². The van der Waals surface area contributed by atoms with Gasteiger partial charge in [0.05, 0.1) is 5.41 Å². The van der Waals surface area contributed by atoms with Gasteiger partial charge in [0.2, 0.25) is 11.8 Å². The van der Waals surface area contributed by atoms with Crippen molar-refractivity contribution >= 4 is 28.3 Å². The van der Waals surface area contributed by atoms with Crippen molar-refractivity contribution < 1.29 is 9.59 Å². The number of rotatable bonds is 3. The van der Waals surface area contributed by atoms with E-state index in [0.29, 0.717) is 5.13 Å². The molecule has 1 aromatic heterocycles. The van der Waals surface area contributed by atoms with Gasteiger partial charge in [-0.15, -0.1) is 11.3 Å². The van der Waals surface area contributed by atoms with Gasteiger partial charge in [-0.1, -0.05) is 0 Å². The minimum atomic E-state index is -0.315. The molecule has 2 amide bonds. The molecule has 25 heavy (non-hydrogen) atoms. The molecule has 134 valence electrons. The summed E-state index contributed by atoms with van der Waals surface area (Å²) in [6.07, 6.45) is 10.6. The molecular weight excluding hydrogens is 334 g/mol. The summed E-state index contributed by atoms with van der Waals surface area (Å²) in [6, 6.07) is -0.315. The number of hydrogen-bond donors (Lipinski definition) is 1. The SMILES string of the molecule is O=C(Nc1nccs1)[C@@H]1CCCN1C(=O)C12CC3CC(CC(C3)C1)C2. The van der Waals surface area contributed by atoms with Crippen LogP contribution in [0.5, 0.6) is 0 Å². The van der Waals surface area contributed by atoms with Gasteiger partial charge < -0.3 is 10.2 Å². The maximum Gasteiger partial charge on any atom is 0.248 e. The predicted molar refractivity (Wildman–Crippen MR) is 96.1 cm³/mol. The Balaban J connectivity index is 1.35. The lowest BCUT2D eigenvalue weighted by molar-refractivity contribution is -0.160. The molecule has 6 heteroatoms. The number of carbonyl (C=O) groups is 2. The summed E-state index contributed by atoms with van der Waals surface area (Å²) in [7, 11) is 0. The lowest BCUT2D eigenvalue weighted by Gasteiger charge is -2.56. The summed E-state index contributed by atoms with van der Waals surface area (Å²) in [6.45, 7) is 0.733. The number of likely N-dealkylation sites (tertiary alicyclic amines) is 1. The van der Waals surface area contributed by atoms with Crippen LogP contribution in [0.2, 0.25) is 0 Å². The molecule has 4 saturated carbocycles. The highest BCUT2D eigenvalue weighted by Gasteiger charge is 2.56. The summed E-state index contributed by atoms with van der Waals surface area (Å²) >= 11 is 1.42. The Morgan fingerprint density at radius 3 is 2.44 bits per heavy atom. The van der Waals surface area contributed by atoms with Gasteiger partial charge in [0, 0.05) is 18.1 Å². The average Bonchev–Trinajstić information content (AvgIpc) is 3.24. The van der Waals surface area contributed by atoms with Crippen LogP contribution in [-0.4, -0.2) is 34.3 Å². The second-order valence-electron chi connectivity index (χ2n) is 8.68. The Morgan fingerprint density at radius 2 is 1.84 bits per heavy atom. The molecule has 0 radical (unpaired) electrons. The molecule has 1 saturated heterocycles. The van der Waals surface area contributed by atoms with Crippen molar-refractivity contribution in [2.45, 2.75) is 57.4 Å². The normalized spacial score (nSPS) is 39.0. The Hall–Kier alpha value is -1.43. The minimum absolute atomic E-state index is 0.0643. The Bertz CT molecular complexity index is 652. The van der Waals surface area contributed by atoms with E-state index in [1.807, 2.05) is 10.3 Å². The van der Waals surface area contributed by atoms with Crippen LogP contribution in [0.15, 0.2) is 11.6 Å². The van der Waals surface area contributed by atoms with E-state index < -0.39 is 0 Å². The molecule has 4 aliphatic carbocycles. The number of thiazole rings is 1. The molecule has 0 spiro atoms. The quantitative estimate of drug-likeness (QED) is 0.901. The first-order chi connectivity index (χ1) is 12.1. The molecule has 1 N–H and O–H groups in total. The van der Waals surface area contributed by atoms with Crippen molar-refractivity contribution in [2.75, 3.05) is 11.9 Å². The number of nitrogens with zero attached hydrogens (tertiary/aromatic N) is 2. The van der Waals surface area contributed by atoms with Crippen LogP contribution in [-0.2, 0) is 9.59 Å². The zero-order valence-electron chi connectivity index (χ0n) is 14.4. The van der Waals surface area contributed by atoms with E-state index in [9.17, 15) is 9.59 Å². The highest BCUT2D eigenvalue weighted by Crippen LogP contribution is 2.60. The highest BCUT2D eigenvalue weighted by molar-refractivity contribution is 7.13. The highest BCUT2D eigenvalue weighted by atomic mass is 32.1. The van der Waals surface area contributed by atoms with Crippen LogP contribution in [0.3, 0.4) is 0 Å². The monoisotopic (exact) mass is 359 g/mol.